The quantitative estimate of drug-likeness (QED) is 0.496. The first-order valence-corrected chi connectivity index (χ1v) is 10.5. The molecule has 0 atom stereocenters. The van der Waals surface area contributed by atoms with Crippen molar-refractivity contribution in [2.45, 2.75) is 33.2 Å². The molecule has 0 radical (unpaired) electrons. The molecule has 0 saturated heterocycles. The van der Waals surface area contributed by atoms with E-state index in [-0.39, 0.29) is 25.1 Å². The number of carbonyl (C=O) groups is 2. The van der Waals surface area contributed by atoms with E-state index in [1.54, 1.807) is 18.2 Å². The van der Waals surface area contributed by atoms with E-state index in [0.29, 0.717) is 34.5 Å². The van der Waals surface area contributed by atoms with Gasteiger partial charge in [0.05, 0.1) is 31.4 Å². The average molecular weight is 453 g/mol. The maximum Gasteiger partial charge on any atom is 0.306 e. The van der Waals surface area contributed by atoms with Crippen molar-refractivity contribution in [1.29, 1.82) is 0 Å². The number of hydrogen-bond donors (Lipinski definition) is 1. The van der Waals surface area contributed by atoms with Gasteiger partial charge in [0, 0.05) is 24.7 Å². The Kier molecular flexibility index (Phi) is 7.66. The first-order valence-electron chi connectivity index (χ1n) is 10.5. The molecule has 33 heavy (non-hydrogen) atoms. The molecule has 0 fully saturated rings. The van der Waals surface area contributed by atoms with Crippen molar-refractivity contribution in [2.24, 2.45) is 0 Å². The van der Waals surface area contributed by atoms with E-state index in [0.717, 1.165) is 11.1 Å². The van der Waals surface area contributed by atoms with Gasteiger partial charge in [-0.25, -0.2) is 4.98 Å². The van der Waals surface area contributed by atoms with E-state index in [1.165, 1.54) is 25.1 Å². The highest BCUT2D eigenvalue weighted by atomic mass is 16.5. The fourth-order valence-corrected chi connectivity index (χ4v) is 3.33. The summed E-state index contributed by atoms with van der Waals surface area (Å²) in [6.07, 6.45) is 1.85. The highest BCUT2D eigenvalue weighted by Gasteiger charge is 2.13. The Balaban J connectivity index is 1.53. The van der Waals surface area contributed by atoms with Gasteiger partial charge in [-0.1, -0.05) is 12.1 Å². The van der Waals surface area contributed by atoms with Crippen LogP contribution in [-0.4, -0.2) is 42.3 Å². The SMILES string of the molecule is COc1cc2ncn(CCCC(=O)OCC(=O)Nc3cccc(C)c3C)c(=O)c2cc1OC. The summed E-state index contributed by atoms with van der Waals surface area (Å²) in [5.74, 6) is -0.000885. The number of carbonyl (C=O) groups excluding carboxylic acids is 2. The van der Waals surface area contributed by atoms with Crippen molar-refractivity contribution in [3.63, 3.8) is 0 Å². The number of aryl methyl sites for hydroxylation is 2. The van der Waals surface area contributed by atoms with Crippen molar-refractivity contribution in [3.05, 3.63) is 58.1 Å². The Labute approximate surface area is 191 Å². The number of rotatable bonds is 9. The van der Waals surface area contributed by atoms with Crippen molar-refractivity contribution < 1.29 is 23.8 Å². The molecule has 174 valence electrons. The van der Waals surface area contributed by atoms with Crippen LogP contribution in [0.3, 0.4) is 0 Å². The Morgan fingerprint density at radius 2 is 1.82 bits per heavy atom. The maximum absolute atomic E-state index is 12.8. The first-order chi connectivity index (χ1) is 15.8. The van der Waals surface area contributed by atoms with Crippen LogP contribution in [0, 0.1) is 13.8 Å². The molecule has 1 heterocycles. The lowest BCUT2D eigenvalue weighted by atomic mass is 10.1. The molecule has 1 N–H and O–H groups in total. The molecule has 9 heteroatoms. The number of ether oxygens (including phenoxy) is 3. The number of hydrogen-bond acceptors (Lipinski definition) is 7. The van der Waals surface area contributed by atoms with Crippen LogP contribution in [0.15, 0.2) is 41.5 Å². The van der Waals surface area contributed by atoms with Gasteiger partial charge in [0.15, 0.2) is 18.1 Å². The fraction of sp³-hybridized carbons (Fsp3) is 0.333. The summed E-state index contributed by atoms with van der Waals surface area (Å²) in [6.45, 7) is 3.77. The Bertz CT molecular complexity index is 1230. The number of amides is 1. The van der Waals surface area contributed by atoms with Crippen LogP contribution < -0.4 is 20.3 Å². The molecule has 1 aromatic heterocycles. The second kappa shape index (κ2) is 10.6. The second-order valence-electron chi connectivity index (χ2n) is 7.53. The number of nitrogens with one attached hydrogen (secondary N) is 1. The summed E-state index contributed by atoms with van der Waals surface area (Å²) in [4.78, 5) is 41.2. The molecule has 2 aromatic carbocycles. The lowest BCUT2D eigenvalue weighted by molar-refractivity contribution is -0.147. The van der Waals surface area contributed by atoms with Gasteiger partial charge in [-0.3, -0.25) is 19.0 Å². The number of aromatic nitrogens is 2. The lowest BCUT2D eigenvalue weighted by Gasteiger charge is -2.11. The van der Waals surface area contributed by atoms with Gasteiger partial charge in [0.2, 0.25) is 0 Å². The third-order valence-electron chi connectivity index (χ3n) is 5.35. The standard InChI is InChI=1S/C24H27N3O6/c1-15-7-5-8-18(16(15)2)26-22(28)13-33-23(29)9-6-10-27-14-25-19-12-21(32-4)20(31-3)11-17(19)24(27)30/h5,7-8,11-12,14H,6,9-10,13H2,1-4H3,(H,26,28). The number of esters is 1. The number of anilines is 1. The highest BCUT2D eigenvalue weighted by Crippen LogP contribution is 2.29. The summed E-state index contributed by atoms with van der Waals surface area (Å²) in [6, 6.07) is 8.82. The van der Waals surface area contributed by atoms with Crippen LogP contribution >= 0.6 is 0 Å². The summed E-state index contributed by atoms with van der Waals surface area (Å²) in [5, 5.41) is 3.13. The van der Waals surface area contributed by atoms with Crippen LogP contribution in [-0.2, 0) is 20.9 Å². The van der Waals surface area contributed by atoms with Crippen molar-refractivity contribution in [2.75, 3.05) is 26.1 Å². The van der Waals surface area contributed by atoms with Crippen LogP contribution in [0.5, 0.6) is 11.5 Å². The molecule has 3 rings (SSSR count). The van der Waals surface area contributed by atoms with Gasteiger partial charge in [-0.2, -0.15) is 0 Å². The Morgan fingerprint density at radius 1 is 1.09 bits per heavy atom. The first kappa shape index (κ1) is 23.8. The van der Waals surface area contributed by atoms with Gasteiger partial charge in [-0.05, 0) is 43.5 Å². The molecule has 0 aliphatic heterocycles. The normalized spacial score (nSPS) is 10.7. The molecule has 0 bridgehead atoms. The zero-order valence-electron chi connectivity index (χ0n) is 19.1. The van der Waals surface area contributed by atoms with E-state index in [9.17, 15) is 14.4 Å². The largest absolute Gasteiger partial charge is 0.493 e. The molecule has 0 aliphatic carbocycles. The molecule has 0 aliphatic rings. The monoisotopic (exact) mass is 453 g/mol. The number of fused-ring (bicyclic) bond motifs is 1. The number of benzene rings is 2. The summed E-state index contributed by atoms with van der Waals surface area (Å²) in [7, 11) is 3.00. The third-order valence-corrected chi connectivity index (χ3v) is 5.35. The van der Waals surface area contributed by atoms with Crippen molar-refractivity contribution in [3.8, 4) is 11.5 Å². The number of nitrogens with zero attached hydrogens (tertiary/aromatic N) is 2. The smallest absolute Gasteiger partial charge is 0.306 e. The minimum Gasteiger partial charge on any atom is -0.493 e. The highest BCUT2D eigenvalue weighted by molar-refractivity contribution is 5.93. The van der Waals surface area contributed by atoms with Gasteiger partial charge < -0.3 is 19.5 Å². The van der Waals surface area contributed by atoms with Gasteiger partial charge >= 0.3 is 5.97 Å². The Morgan fingerprint density at radius 3 is 2.55 bits per heavy atom. The van der Waals surface area contributed by atoms with Crippen molar-refractivity contribution in [1.82, 2.24) is 9.55 Å². The summed E-state index contributed by atoms with van der Waals surface area (Å²) >= 11 is 0. The zero-order chi connectivity index (χ0) is 24.0. The van der Waals surface area contributed by atoms with Crippen LogP contribution in [0.1, 0.15) is 24.0 Å². The molecule has 9 nitrogen and oxygen atoms in total. The summed E-state index contributed by atoms with van der Waals surface area (Å²) < 4.78 is 17.0. The molecule has 0 unspecified atom stereocenters. The second-order valence-corrected chi connectivity index (χ2v) is 7.53. The fourth-order valence-electron chi connectivity index (χ4n) is 3.33. The van der Waals surface area contributed by atoms with Gasteiger partial charge in [-0.15, -0.1) is 0 Å². The molecule has 0 spiro atoms. The van der Waals surface area contributed by atoms with Crippen LogP contribution in [0.2, 0.25) is 0 Å². The van der Waals surface area contributed by atoms with Crippen LogP contribution in [0.4, 0.5) is 5.69 Å². The zero-order valence-corrected chi connectivity index (χ0v) is 19.1. The number of methoxy groups -OCH3 is 2. The van der Waals surface area contributed by atoms with Crippen LogP contribution in [0.25, 0.3) is 10.9 Å². The topological polar surface area (TPSA) is 109 Å². The predicted octanol–water partition coefficient (Wildman–Crippen LogP) is 2.99. The van der Waals surface area contributed by atoms with E-state index in [1.807, 2.05) is 26.0 Å². The van der Waals surface area contributed by atoms with E-state index < -0.39 is 11.9 Å². The van der Waals surface area contributed by atoms with Gasteiger partial charge in [0.25, 0.3) is 11.5 Å². The predicted molar refractivity (Wildman–Crippen MR) is 124 cm³/mol. The third kappa shape index (κ3) is 5.68. The average Bonchev–Trinajstić information content (AvgIpc) is 2.81. The minimum atomic E-state index is -0.515. The Hall–Kier alpha value is -3.88. The van der Waals surface area contributed by atoms with E-state index in [2.05, 4.69) is 10.3 Å². The van der Waals surface area contributed by atoms with Gasteiger partial charge in [0.1, 0.15) is 0 Å². The molecular weight excluding hydrogens is 426 g/mol. The molecule has 3 aromatic rings. The maximum atomic E-state index is 12.8. The molecular formula is C24H27N3O6. The lowest BCUT2D eigenvalue weighted by Crippen LogP contribution is -2.23. The van der Waals surface area contributed by atoms with Crippen molar-refractivity contribution >= 4 is 28.5 Å². The minimum absolute atomic E-state index is 0.0627. The van der Waals surface area contributed by atoms with E-state index >= 15 is 0 Å². The molecule has 0 saturated carbocycles. The summed E-state index contributed by atoms with van der Waals surface area (Å²) in [5.41, 5.74) is 2.95. The van der Waals surface area contributed by atoms with E-state index in [4.69, 9.17) is 14.2 Å². The molecule has 1 amide bonds.